The predicted octanol–water partition coefficient (Wildman–Crippen LogP) is 4.99. The van der Waals surface area contributed by atoms with Crippen LogP contribution in [0.1, 0.15) is 74.6 Å². The molecule has 0 bridgehead atoms. The summed E-state index contributed by atoms with van der Waals surface area (Å²) in [4.78, 5) is 29.3. The van der Waals surface area contributed by atoms with E-state index in [1.807, 2.05) is 38.1 Å². The lowest BCUT2D eigenvalue weighted by Crippen LogP contribution is -2.23. The van der Waals surface area contributed by atoms with Gasteiger partial charge in [0.1, 0.15) is 0 Å². The Labute approximate surface area is 177 Å². The molecule has 0 fully saturated rings. The second-order valence-corrected chi connectivity index (χ2v) is 8.13. The summed E-state index contributed by atoms with van der Waals surface area (Å²) < 4.78 is 10.8. The van der Waals surface area contributed by atoms with Gasteiger partial charge in [-0.2, -0.15) is 0 Å². The number of hydrogen-bond donors (Lipinski definition) is 2. The summed E-state index contributed by atoms with van der Waals surface area (Å²) in [5, 5.41) is 3.41. The monoisotopic (exact) mass is 410 g/mol. The van der Waals surface area contributed by atoms with Crippen molar-refractivity contribution in [1.82, 2.24) is 4.98 Å². The molecule has 30 heavy (non-hydrogen) atoms. The van der Waals surface area contributed by atoms with Crippen molar-refractivity contribution in [2.45, 2.75) is 52.9 Å². The van der Waals surface area contributed by atoms with Crippen LogP contribution in [0, 0.1) is 0 Å². The molecule has 0 aliphatic carbocycles. The molecule has 6 nitrogen and oxygen atoms in total. The lowest BCUT2D eigenvalue weighted by Gasteiger charge is -2.24. The number of aromatic amines is 1. The SMILES string of the molecule is CCOC(=O)/C(=C1/Nc2ccccc2C1(C)C)c1c[nH]c(C(C)C)c1C(=O)OCC. The van der Waals surface area contributed by atoms with Crippen molar-refractivity contribution in [1.29, 1.82) is 0 Å². The zero-order valence-electron chi connectivity index (χ0n) is 18.5. The van der Waals surface area contributed by atoms with Gasteiger partial charge in [-0.3, -0.25) is 0 Å². The molecule has 2 heterocycles. The van der Waals surface area contributed by atoms with Crippen LogP contribution in [0.4, 0.5) is 5.69 Å². The number of rotatable bonds is 6. The molecule has 1 aliphatic heterocycles. The maximum absolute atomic E-state index is 13.2. The highest BCUT2D eigenvalue weighted by Gasteiger charge is 2.40. The van der Waals surface area contributed by atoms with Crippen LogP contribution in [-0.4, -0.2) is 30.1 Å². The number of H-pyrrole nitrogens is 1. The van der Waals surface area contributed by atoms with Gasteiger partial charge in [0.2, 0.25) is 0 Å². The number of aromatic nitrogens is 1. The van der Waals surface area contributed by atoms with E-state index in [0.29, 0.717) is 22.4 Å². The molecule has 0 saturated carbocycles. The second kappa shape index (κ2) is 8.38. The molecule has 0 unspecified atom stereocenters. The molecule has 1 aromatic heterocycles. The van der Waals surface area contributed by atoms with Crippen molar-refractivity contribution in [2.75, 3.05) is 18.5 Å². The van der Waals surface area contributed by atoms with Gasteiger partial charge in [-0.1, -0.05) is 45.9 Å². The Hall–Kier alpha value is -3.02. The highest BCUT2D eigenvalue weighted by Crippen LogP contribution is 2.46. The predicted molar refractivity (Wildman–Crippen MR) is 117 cm³/mol. The number of benzene rings is 1. The number of allylic oxidation sites excluding steroid dienone is 1. The Morgan fingerprint density at radius 3 is 2.33 bits per heavy atom. The zero-order chi connectivity index (χ0) is 22.1. The van der Waals surface area contributed by atoms with Crippen LogP contribution in [-0.2, 0) is 19.7 Å². The zero-order valence-corrected chi connectivity index (χ0v) is 18.5. The Bertz CT molecular complexity index is 998. The molecule has 0 spiro atoms. The first kappa shape index (κ1) is 21.7. The number of ether oxygens (including phenoxy) is 2. The molecule has 2 aromatic rings. The van der Waals surface area contributed by atoms with Crippen molar-refractivity contribution in [3.05, 3.63) is 58.5 Å². The molecule has 3 rings (SSSR count). The van der Waals surface area contributed by atoms with Crippen LogP contribution < -0.4 is 5.32 Å². The van der Waals surface area contributed by atoms with Gasteiger partial charge in [0.15, 0.2) is 0 Å². The molecular weight excluding hydrogens is 380 g/mol. The summed E-state index contributed by atoms with van der Waals surface area (Å²) in [6.07, 6.45) is 1.71. The number of carbonyl (C=O) groups is 2. The first-order valence-electron chi connectivity index (χ1n) is 10.4. The summed E-state index contributed by atoms with van der Waals surface area (Å²) in [6, 6.07) is 7.95. The van der Waals surface area contributed by atoms with Gasteiger partial charge in [-0.15, -0.1) is 0 Å². The Morgan fingerprint density at radius 1 is 1.07 bits per heavy atom. The highest BCUT2D eigenvalue weighted by atomic mass is 16.5. The standard InChI is InChI=1S/C24H30N2O4/c1-7-29-22(27)18-15(13-25-20(18)14(3)4)19(23(28)30-8-2)21-24(5,6)16-11-9-10-12-17(16)26-21/h9-14,25-26H,7-8H2,1-6H3/b21-19+. The van der Waals surface area contributed by atoms with E-state index >= 15 is 0 Å². The number of fused-ring (bicyclic) bond motifs is 1. The van der Waals surface area contributed by atoms with E-state index in [-0.39, 0.29) is 19.1 Å². The summed E-state index contributed by atoms with van der Waals surface area (Å²) in [7, 11) is 0. The lowest BCUT2D eigenvalue weighted by atomic mass is 9.80. The number of hydrogen-bond acceptors (Lipinski definition) is 5. The van der Waals surface area contributed by atoms with Gasteiger partial charge in [0.25, 0.3) is 0 Å². The van der Waals surface area contributed by atoms with Crippen LogP contribution in [0.2, 0.25) is 0 Å². The number of carbonyl (C=O) groups excluding carboxylic acids is 2. The van der Waals surface area contributed by atoms with Crippen LogP contribution in [0.3, 0.4) is 0 Å². The Kier molecular flexibility index (Phi) is 6.06. The van der Waals surface area contributed by atoms with Crippen LogP contribution in [0.25, 0.3) is 5.57 Å². The third-order valence-electron chi connectivity index (χ3n) is 5.45. The molecule has 0 saturated heterocycles. The fourth-order valence-corrected chi connectivity index (χ4v) is 4.00. The average Bonchev–Trinajstić information content (AvgIpc) is 3.23. The molecule has 6 heteroatoms. The highest BCUT2D eigenvalue weighted by molar-refractivity contribution is 6.21. The molecular formula is C24H30N2O4. The maximum Gasteiger partial charge on any atom is 0.340 e. The summed E-state index contributed by atoms with van der Waals surface area (Å²) >= 11 is 0. The van der Waals surface area contributed by atoms with Crippen molar-refractivity contribution in [3.8, 4) is 0 Å². The van der Waals surface area contributed by atoms with Crippen LogP contribution in [0.15, 0.2) is 36.2 Å². The van der Waals surface area contributed by atoms with E-state index in [0.717, 1.165) is 16.9 Å². The van der Waals surface area contributed by atoms with E-state index in [1.165, 1.54) is 0 Å². The molecule has 0 amide bonds. The normalized spacial score (nSPS) is 16.1. The largest absolute Gasteiger partial charge is 0.462 e. The van der Waals surface area contributed by atoms with Gasteiger partial charge in [-0.25, -0.2) is 9.59 Å². The van der Waals surface area contributed by atoms with Gasteiger partial charge in [0.05, 0.1) is 24.4 Å². The quantitative estimate of drug-likeness (QED) is 0.518. The van der Waals surface area contributed by atoms with Crippen LogP contribution >= 0.6 is 0 Å². The Morgan fingerprint density at radius 2 is 1.73 bits per heavy atom. The number of anilines is 1. The minimum Gasteiger partial charge on any atom is -0.462 e. The minimum atomic E-state index is -0.472. The molecule has 1 aliphatic rings. The lowest BCUT2D eigenvalue weighted by molar-refractivity contribution is -0.136. The fourth-order valence-electron chi connectivity index (χ4n) is 4.00. The van der Waals surface area contributed by atoms with Gasteiger partial charge in [0, 0.05) is 34.3 Å². The molecule has 0 atom stereocenters. The van der Waals surface area contributed by atoms with Crippen molar-refractivity contribution in [2.24, 2.45) is 0 Å². The van der Waals surface area contributed by atoms with E-state index in [2.05, 4.69) is 24.1 Å². The molecule has 0 radical (unpaired) electrons. The Balaban J connectivity index is 2.30. The number of para-hydroxylation sites is 1. The van der Waals surface area contributed by atoms with E-state index in [9.17, 15) is 9.59 Å². The number of nitrogens with one attached hydrogen (secondary N) is 2. The average molecular weight is 411 g/mol. The smallest absolute Gasteiger partial charge is 0.340 e. The first-order chi connectivity index (χ1) is 14.2. The first-order valence-corrected chi connectivity index (χ1v) is 10.4. The topological polar surface area (TPSA) is 80.4 Å². The van der Waals surface area contributed by atoms with Crippen molar-refractivity contribution >= 4 is 23.2 Å². The van der Waals surface area contributed by atoms with Gasteiger partial charge >= 0.3 is 11.9 Å². The van der Waals surface area contributed by atoms with E-state index < -0.39 is 17.4 Å². The van der Waals surface area contributed by atoms with Gasteiger partial charge < -0.3 is 19.8 Å². The third kappa shape index (κ3) is 3.62. The fraction of sp³-hybridized carbons (Fsp3) is 0.417. The second-order valence-electron chi connectivity index (χ2n) is 8.13. The molecule has 2 N–H and O–H groups in total. The maximum atomic E-state index is 13.2. The number of esters is 2. The van der Waals surface area contributed by atoms with E-state index in [4.69, 9.17) is 9.47 Å². The van der Waals surface area contributed by atoms with Crippen molar-refractivity contribution < 1.29 is 19.1 Å². The molecule has 160 valence electrons. The summed E-state index contributed by atoms with van der Waals surface area (Å²) in [5.74, 6) is -0.873. The van der Waals surface area contributed by atoms with Crippen LogP contribution in [0.5, 0.6) is 0 Å². The van der Waals surface area contributed by atoms with Gasteiger partial charge in [-0.05, 0) is 31.4 Å². The third-order valence-corrected chi connectivity index (χ3v) is 5.45. The van der Waals surface area contributed by atoms with E-state index in [1.54, 1.807) is 20.0 Å². The van der Waals surface area contributed by atoms with Crippen molar-refractivity contribution in [3.63, 3.8) is 0 Å². The summed E-state index contributed by atoms with van der Waals surface area (Å²) in [6.45, 7) is 12.1. The summed E-state index contributed by atoms with van der Waals surface area (Å²) in [5.41, 5.74) is 4.23. The molecule has 1 aromatic carbocycles. The minimum absolute atomic E-state index is 0.0494.